The third-order valence-corrected chi connectivity index (χ3v) is 4.89. The fourth-order valence-corrected chi connectivity index (χ4v) is 3.55. The maximum absolute atomic E-state index is 13.0. The molecular formula is C22H19NO4. The van der Waals surface area contributed by atoms with Crippen molar-refractivity contribution in [1.29, 1.82) is 0 Å². The number of carbonyl (C=O) groups excluding carboxylic acids is 1. The van der Waals surface area contributed by atoms with Crippen LogP contribution in [0, 0.1) is 6.92 Å². The van der Waals surface area contributed by atoms with Crippen LogP contribution in [0.3, 0.4) is 0 Å². The SMILES string of the molecule is Cc1ccc(CN2C(=O)[C@@H](CC(=O)O)Oc3ccccc32)c2ccccc12. The summed E-state index contributed by atoms with van der Waals surface area (Å²) in [6.45, 7) is 2.42. The fourth-order valence-electron chi connectivity index (χ4n) is 3.55. The summed E-state index contributed by atoms with van der Waals surface area (Å²) >= 11 is 0. The Morgan fingerprint density at radius 1 is 1.04 bits per heavy atom. The molecule has 0 aromatic heterocycles. The molecule has 0 fully saturated rings. The number of carbonyl (C=O) groups is 2. The number of fused-ring (bicyclic) bond motifs is 2. The van der Waals surface area contributed by atoms with Gasteiger partial charge in [-0.25, -0.2) is 0 Å². The molecule has 1 N–H and O–H groups in total. The van der Waals surface area contributed by atoms with Crippen molar-refractivity contribution < 1.29 is 19.4 Å². The average molecular weight is 361 g/mol. The standard InChI is InChI=1S/C22H19NO4/c1-14-10-11-15(17-7-3-2-6-16(14)17)13-23-18-8-4-5-9-19(18)27-20(22(23)26)12-21(24)25/h2-11,20H,12-13H2,1H3,(H,24,25)/t20-/m1/s1. The molecule has 1 atom stereocenters. The first-order valence-electron chi connectivity index (χ1n) is 8.80. The Labute approximate surface area is 156 Å². The summed E-state index contributed by atoms with van der Waals surface area (Å²) in [4.78, 5) is 25.7. The van der Waals surface area contributed by atoms with Crippen molar-refractivity contribution in [2.45, 2.75) is 26.0 Å². The van der Waals surface area contributed by atoms with E-state index in [4.69, 9.17) is 9.84 Å². The number of amides is 1. The minimum absolute atomic E-state index is 0.333. The Kier molecular flexibility index (Phi) is 4.28. The zero-order valence-electron chi connectivity index (χ0n) is 14.9. The summed E-state index contributed by atoms with van der Waals surface area (Å²) in [6, 6.07) is 19.4. The van der Waals surface area contributed by atoms with Crippen LogP contribution in [0.4, 0.5) is 5.69 Å². The number of carboxylic acids is 1. The number of carboxylic acid groups (broad SMARTS) is 1. The third kappa shape index (κ3) is 3.12. The van der Waals surface area contributed by atoms with Crippen molar-refractivity contribution in [3.8, 4) is 5.75 Å². The molecule has 0 radical (unpaired) electrons. The number of hydrogen-bond acceptors (Lipinski definition) is 3. The van der Waals surface area contributed by atoms with E-state index in [-0.39, 0.29) is 12.3 Å². The lowest BCUT2D eigenvalue weighted by atomic mass is 9.99. The zero-order chi connectivity index (χ0) is 19.0. The van der Waals surface area contributed by atoms with Gasteiger partial charge in [0.15, 0.2) is 6.10 Å². The molecular weight excluding hydrogens is 342 g/mol. The zero-order valence-corrected chi connectivity index (χ0v) is 14.9. The van der Waals surface area contributed by atoms with Gasteiger partial charge in [-0.15, -0.1) is 0 Å². The Hall–Kier alpha value is -3.34. The molecule has 1 aliphatic heterocycles. The van der Waals surface area contributed by atoms with Gasteiger partial charge in [-0.3, -0.25) is 9.59 Å². The smallest absolute Gasteiger partial charge is 0.307 e. The Morgan fingerprint density at radius 3 is 2.52 bits per heavy atom. The van der Waals surface area contributed by atoms with E-state index in [1.54, 1.807) is 11.0 Å². The monoisotopic (exact) mass is 361 g/mol. The number of anilines is 1. The number of nitrogens with zero attached hydrogens (tertiary/aromatic N) is 1. The molecule has 3 aromatic rings. The first kappa shape index (κ1) is 17.1. The van der Waals surface area contributed by atoms with Crippen LogP contribution in [0.25, 0.3) is 10.8 Å². The molecule has 5 heteroatoms. The van der Waals surface area contributed by atoms with Crippen LogP contribution < -0.4 is 9.64 Å². The van der Waals surface area contributed by atoms with E-state index in [9.17, 15) is 9.59 Å². The Morgan fingerprint density at radius 2 is 1.74 bits per heavy atom. The van der Waals surface area contributed by atoms with Gasteiger partial charge in [0.2, 0.25) is 0 Å². The summed E-state index contributed by atoms with van der Waals surface area (Å²) in [5.74, 6) is -0.867. The predicted octanol–water partition coefficient (Wildman–Crippen LogP) is 3.92. The van der Waals surface area contributed by atoms with E-state index < -0.39 is 12.1 Å². The van der Waals surface area contributed by atoms with Crippen LogP contribution in [0.1, 0.15) is 17.5 Å². The van der Waals surface area contributed by atoms with Gasteiger partial charge >= 0.3 is 5.97 Å². The topological polar surface area (TPSA) is 66.8 Å². The van der Waals surface area contributed by atoms with Crippen LogP contribution in [-0.4, -0.2) is 23.1 Å². The van der Waals surface area contributed by atoms with Gasteiger partial charge < -0.3 is 14.7 Å². The first-order valence-corrected chi connectivity index (χ1v) is 8.80. The third-order valence-electron chi connectivity index (χ3n) is 4.89. The normalized spacial score (nSPS) is 16.1. The van der Waals surface area contributed by atoms with Gasteiger partial charge in [-0.2, -0.15) is 0 Å². The van der Waals surface area contributed by atoms with Gasteiger partial charge in [-0.1, -0.05) is 48.5 Å². The molecule has 0 aliphatic carbocycles. The van der Waals surface area contributed by atoms with Gasteiger partial charge in [0.1, 0.15) is 5.75 Å². The van der Waals surface area contributed by atoms with Gasteiger partial charge in [0, 0.05) is 0 Å². The number of aliphatic carboxylic acids is 1. The Balaban J connectivity index is 1.77. The molecule has 1 amide bonds. The summed E-state index contributed by atoms with van der Waals surface area (Å²) in [6.07, 6.45) is -1.38. The summed E-state index contributed by atoms with van der Waals surface area (Å²) < 4.78 is 5.66. The van der Waals surface area contributed by atoms with Gasteiger partial charge in [0.25, 0.3) is 5.91 Å². The molecule has 4 rings (SSSR count). The quantitative estimate of drug-likeness (QED) is 0.765. The van der Waals surface area contributed by atoms with Crippen molar-refractivity contribution in [3.05, 3.63) is 71.8 Å². The molecule has 0 saturated heterocycles. The van der Waals surface area contributed by atoms with Gasteiger partial charge in [-0.05, 0) is 41.0 Å². The predicted molar refractivity (Wildman–Crippen MR) is 103 cm³/mol. The molecule has 0 saturated carbocycles. The lowest BCUT2D eigenvalue weighted by molar-refractivity contribution is -0.142. The van der Waals surface area contributed by atoms with E-state index in [0.29, 0.717) is 18.0 Å². The number of hydrogen-bond donors (Lipinski definition) is 1. The number of aryl methyl sites for hydroxylation is 1. The van der Waals surface area contributed by atoms with Crippen molar-refractivity contribution in [1.82, 2.24) is 0 Å². The Bertz CT molecular complexity index is 1040. The van der Waals surface area contributed by atoms with Crippen LogP contribution in [0.5, 0.6) is 5.75 Å². The number of rotatable bonds is 4. The molecule has 27 heavy (non-hydrogen) atoms. The maximum atomic E-state index is 13.0. The van der Waals surface area contributed by atoms with Crippen LogP contribution >= 0.6 is 0 Å². The molecule has 136 valence electrons. The van der Waals surface area contributed by atoms with Crippen molar-refractivity contribution in [2.24, 2.45) is 0 Å². The van der Waals surface area contributed by atoms with Crippen molar-refractivity contribution >= 4 is 28.3 Å². The van der Waals surface area contributed by atoms with Crippen molar-refractivity contribution in [3.63, 3.8) is 0 Å². The molecule has 5 nitrogen and oxygen atoms in total. The van der Waals surface area contributed by atoms with Crippen molar-refractivity contribution in [2.75, 3.05) is 4.90 Å². The minimum Gasteiger partial charge on any atom is -0.481 e. The summed E-state index contributed by atoms with van der Waals surface area (Å²) in [7, 11) is 0. The van der Waals surface area contributed by atoms with E-state index in [0.717, 1.165) is 16.3 Å². The number of ether oxygens (including phenoxy) is 1. The molecule has 0 bridgehead atoms. The number of benzene rings is 3. The fraction of sp³-hybridized carbons (Fsp3) is 0.182. The average Bonchev–Trinajstić information content (AvgIpc) is 2.66. The van der Waals surface area contributed by atoms with Crippen LogP contribution in [0.15, 0.2) is 60.7 Å². The highest BCUT2D eigenvalue weighted by Gasteiger charge is 2.35. The summed E-state index contributed by atoms with van der Waals surface area (Å²) in [5, 5.41) is 11.4. The lowest BCUT2D eigenvalue weighted by Crippen LogP contribution is -2.46. The van der Waals surface area contributed by atoms with Crippen LogP contribution in [-0.2, 0) is 16.1 Å². The first-order chi connectivity index (χ1) is 13.0. The van der Waals surface area contributed by atoms with E-state index in [2.05, 4.69) is 13.0 Å². The van der Waals surface area contributed by atoms with E-state index in [1.807, 2.05) is 48.5 Å². The molecule has 1 heterocycles. The second-order valence-electron chi connectivity index (χ2n) is 6.68. The highest BCUT2D eigenvalue weighted by Crippen LogP contribution is 2.36. The number of para-hydroxylation sites is 2. The highest BCUT2D eigenvalue weighted by atomic mass is 16.5. The molecule has 1 aliphatic rings. The summed E-state index contributed by atoms with van der Waals surface area (Å²) in [5.41, 5.74) is 2.84. The molecule has 0 unspecified atom stereocenters. The van der Waals surface area contributed by atoms with Gasteiger partial charge in [0.05, 0.1) is 18.7 Å². The van der Waals surface area contributed by atoms with E-state index in [1.165, 1.54) is 5.56 Å². The minimum atomic E-state index is -1.06. The lowest BCUT2D eigenvalue weighted by Gasteiger charge is -2.34. The van der Waals surface area contributed by atoms with Crippen LogP contribution in [0.2, 0.25) is 0 Å². The highest BCUT2D eigenvalue weighted by molar-refractivity contribution is 6.02. The largest absolute Gasteiger partial charge is 0.481 e. The molecule has 0 spiro atoms. The van der Waals surface area contributed by atoms with E-state index >= 15 is 0 Å². The maximum Gasteiger partial charge on any atom is 0.307 e. The second-order valence-corrected chi connectivity index (χ2v) is 6.68. The second kappa shape index (κ2) is 6.76. The molecule has 3 aromatic carbocycles.